The standard InChI is InChI=1S/C24H33ClN4O2/c1-29-12-9-16(10-13-29)5-8-22(30)28-21-4-2-3-11-24(21,26)23(31)20-15-17-14-18(25)6-7-19(17)27-20/h6-7,14-16,21,27H,2-5,8-13,26H2,1H3,(H,28,30). The van der Waals surface area contributed by atoms with Crippen molar-refractivity contribution in [3.05, 3.63) is 35.0 Å². The second-order valence-electron chi connectivity index (χ2n) is 9.44. The molecule has 0 bridgehead atoms. The fourth-order valence-electron chi connectivity index (χ4n) is 5.10. The number of H-pyrrole nitrogens is 1. The van der Waals surface area contributed by atoms with Crippen LogP contribution in [0, 0.1) is 5.92 Å². The number of piperidine rings is 1. The molecule has 1 aromatic carbocycles. The number of nitrogens with zero attached hydrogens (tertiary/aromatic N) is 1. The largest absolute Gasteiger partial charge is 0.352 e. The van der Waals surface area contributed by atoms with E-state index in [1.807, 2.05) is 18.2 Å². The molecule has 0 spiro atoms. The van der Waals surface area contributed by atoms with Gasteiger partial charge in [0.15, 0.2) is 0 Å². The topological polar surface area (TPSA) is 91.2 Å². The average Bonchev–Trinajstić information content (AvgIpc) is 3.17. The minimum atomic E-state index is -1.09. The van der Waals surface area contributed by atoms with E-state index < -0.39 is 5.54 Å². The van der Waals surface area contributed by atoms with E-state index in [1.54, 1.807) is 6.07 Å². The number of nitrogens with two attached hydrogens (primary N) is 1. The summed E-state index contributed by atoms with van der Waals surface area (Å²) in [7, 11) is 2.14. The van der Waals surface area contributed by atoms with Crippen LogP contribution in [-0.2, 0) is 4.79 Å². The maximum atomic E-state index is 13.5. The molecule has 0 radical (unpaired) electrons. The SMILES string of the molecule is CN1CCC(CCC(=O)NC2CCCCC2(N)C(=O)c2cc3cc(Cl)ccc3[nH]2)CC1. The van der Waals surface area contributed by atoms with Gasteiger partial charge in [-0.25, -0.2) is 0 Å². The summed E-state index contributed by atoms with van der Waals surface area (Å²) in [4.78, 5) is 31.7. The smallest absolute Gasteiger partial charge is 0.220 e. The van der Waals surface area contributed by atoms with Crippen molar-refractivity contribution in [2.24, 2.45) is 11.7 Å². The Morgan fingerprint density at radius 1 is 1.23 bits per heavy atom. The summed E-state index contributed by atoms with van der Waals surface area (Å²) in [6, 6.07) is 6.96. The Morgan fingerprint density at radius 3 is 2.77 bits per heavy atom. The molecule has 6 nitrogen and oxygen atoms in total. The van der Waals surface area contributed by atoms with Crippen molar-refractivity contribution in [1.29, 1.82) is 0 Å². The van der Waals surface area contributed by atoms with E-state index in [2.05, 4.69) is 22.2 Å². The molecule has 2 heterocycles. The van der Waals surface area contributed by atoms with Crippen LogP contribution in [0.3, 0.4) is 0 Å². The van der Waals surface area contributed by atoms with Crippen LogP contribution in [0.25, 0.3) is 10.9 Å². The number of carbonyl (C=O) groups is 2. The van der Waals surface area contributed by atoms with Crippen LogP contribution >= 0.6 is 11.6 Å². The number of Topliss-reactive ketones (excluding diaryl/α,β-unsaturated/α-hetero) is 1. The monoisotopic (exact) mass is 444 g/mol. The third kappa shape index (κ3) is 4.97. The molecule has 1 saturated carbocycles. The van der Waals surface area contributed by atoms with Gasteiger partial charge in [-0.3, -0.25) is 9.59 Å². The average molecular weight is 445 g/mol. The van der Waals surface area contributed by atoms with Gasteiger partial charge >= 0.3 is 0 Å². The lowest BCUT2D eigenvalue weighted by molar-refractivity contribution is -0.122. The second-order valence-corrected chi connectivity index (χ2v) is 9.87. The van der Waals surface area contributed by atoms with Crippen LogP contribution < -0.4 is 11.1 Å². The predicted octanol–water partition coefficient (Wildman–Crippen LogP) is 3.88. The highest BCUT2D eigenvalue weighted by Crippen LogP contribution is 2.31. The van der Waals surface area contributed by atoms with Crippen LogP contribution in [0.15, 0.2) is 24.3 Å². The number of halogens is 1. The Balaban J connectivity index is 1.42. The highest BCUT2D eigenvalue weighted by molar-refractivity contribution is 6.31. The van der Waals surface area contributed by atoms with E-state index in [4.69, 9.17) is 17.3 Å². The van der Waals surface area contributed by atoms with E-state index in [9.17, 15) is 9.59 Å². The Labute approximate surface area is 188 Å². The molecule has 31 heavy (non-hydrogen) atoms. The third-order valence-electron chi connectivity index (χ3n) is 7.16. The number of nitrogens with one attached hydrogen (secondary N) is 2. The molecule has 2 aromatic rings. The molecule has 2 unspecified atom stereocenters. The minimum absolute atomic E-state index is 0.0110. The van der Waals surface area contributed by atoms with E-state index in [-0.39, 0.29) is 17.7 Å². The summed E-state index contributed by atoms with van der Waals surface area (Å²) >= 11 is 6.08. The second kappa shape index (κ2) is 9.31. The molecule has 4 N–H and O–H groups in total. The zero-order valence-electron chi connectivity index (χ0n) is 18.3. The summed E-state index contributed by atoms with van der Waals surface area (Å²) in [5, 5.41) is 4.63. The number of benzene rings is 1. The van der Waals surface area contributed by atoms with Crippen molar-refractivity contribution in [3.63, 3.8) is 0 Å². The van der Waals surface area contributed by atoms with Crippen LogP contribution in [0.5, 0.6) is 0 Å². The van der Waals surface area contributed by atoms with Crippen molar-refractivity contribution in [1.82, 2.24) is 15.2 Å². The molecular formula is C24H33ClN4O2. The fourth-order valence-corrected chi connectivity index (χ4v) is 5.28. The van der Waals surface area contributed by atoms with Crippen molar-refractivity contribution >= 4 is 34.2 Å². The number of ketones is 1. The number of amides is 1. The number of rotatable bonds is 6. The van der Waals surface area contributed by atoms with E-state index in [0.717, 1.165) is 62.5 Å². The minimum Gasteiger partial charge on any atom is -0.352 e. The van der Waals surface area contributed by atoms with Crippen LogP contribution in [0.4, 0.5) is 0 Å². The lowest BCUT2D eigenvalue weighted by atomic mass is 9.74. The van der Waals surface area contributed by atoms with Gasteiger partial charge in [-0.15, -0.1) is 0 Å². The van der Waals surface area contributed by atoms with Crippen LogP contribution in [0.2, 0.25) is 5.02 Å². The molecule has 2 aliphatic rings. The molecule has 1 aliphatic carbocycles. The molecule has 1 aliphatic heterocycles. The Hall–Kier alpha value is -1.89. The molecule has 2 fully saturated rings. The number of fused-ring (bicyclic) bond motifs is 1. The van der Waals surface area contributed by atoms with Crippen molar-refractivity contribution in [3.8, 4) is 0 Å². The molecular weight excluding hydrogens is 412 g/mol. The maximum absolute atomic E-state index is 13.5. The number of carbonyl (C=O) groups excluding carboxylic acids is 2. The summed E-state index contributed by atoms with van der Waals surface area (Å²) in [5.41, 5.74) is 6.96. The van der Waals surface area contributed by atoms with Crippen molar-refractivity contribution < 1.29 is 9.59 Å². The van der Waals surface area contributed by atoms with Gasteiger partial charge in [-0.1, -0.05) is 24.4 Å². The Kier molecular flexibility index (Phi) is 6.70. The fraction of sp³-hybridized carbons (Fsp3) is 0.583. The zero-order valence-corrected chi connectivity index (χ0v) is 19.0. The molecule has 7 heteroatoms. The van der Waals surface area contributed by atoms with Gasteiger partial charge < -0.3 is 20.9 Å². The number of aromatic amines is 1. The normalized spacial score (nSPS) is 25.6. The highest BCUT2D eigenvalue weighted by Gasteiger charge is 2.45. The summed E-state index contributed by atoms with van der Waals surface area (Å²) in [6.45, 7) is 2.20. The molecule has 2 atom stereocenters. The van der Waals surface area contributed by atoms with Gasteiger partial charge in [-0.2, -0.15) is 0 Å². The summed E-state index contributed by atoms with van der Waals surface area (Å²) in [6.07, 6.45) is 6.86. The van der Waals surface area contributed by atoms with Crippen molar-refractivity contribution in [2.75, 3.05) is 20.1 Å². The first-order valence-electron chi connectivity index (χ1n) is 11.4. The Morgan fingerprint density at radius 2 is 2.00 bits per heavy atom. The zero-order chi connectivity index (χ0) is 22.0. The van der Waals surface area contributed by atoms with Crippen LogP contribution in [0.1, 0.15) is 61.9 Å². The van der Waals surface area contributed by atoms with Crippen molar-refractivity contribution in [2.45, 2.75) is 62.9 Å². The summed E-state index contributed by atoms with van der Waals surface area (Å²) < 4.78 is 0. The van der Waals surface area contributed by atoms with Gasteiger partial charge in [0, 0.05) is 22.3 Å². The van der Waals surface area contributed by atoms with Gasteiger partial charge in [0.2, 0.25) is 11.7 Å². The Bertz CT molecular complexity index is 950. The third-order valence-corrected chi connectivity index (χ3v) is 7.39. The predicted molar refractivity (Wildman–Crippen MR) is 124 cm³/mol. The first-order chi connectivity index (χ1) is 14.8. The van der Waals surface area contributed by atoms with Gasteiger partial charge in [0.25, 0.3) is 0 Å². The lowest BCUT2D eigenvalue weighted by Gasteiger charge is -2.40. The highest BCUT2D eigenvalue weighted by atomic mass is 35.5. The van der Waals surface area contributed by atoms with Gasteiger partial charge in [0.1, 0.15) is 5.54 Å². The van der Waals surface area contributed by atoms with Crippen LogP contribution in [-0.4, -0.2) is 53.3 Å². The molecule has 168 valence electrons. The molecule has 4 rings (SSSR count). The number of aromatic nitrogens is 1. The number of hydrogen-bond donors (Lipinski definition) is 3. The molecule has 1 saturated heterocycles. The van der Waals surface area contributed by atoms with E-state index >= 15 is 0 Å². The summed E-state index contributed by atoms with van der Waals surface area (Å²) in [5.74, 6) is 0.479. The first-order valence-corrected chi connectivity index (χ1v) is 11.8. The number of hydrogen-bond acceptors (Lipinski definition) is 4. The lowest BCUT2D eigenvalue weighted by Crippen LogP contribution is -2.64. The maximum Gasteiger partial charge on any atom is 0.220 e. The van der Waals surface area contributed by atoms with Gasteiger partial charge in [0.05, 0.1) is 11.7 Å². The van der Waals surface area contributed by atoms with Gasteiger partial charge in [-0.05, 0) is 82.4 Å². The molecule has 1 amide bonds. The number of likely N-dealkylation sites (tertiary alicyclic amines) is 1. The first kappa shape index (κ1) is 22.3. The van der Waals surface area contributed by atoms with E-state index in [0.29, 0.717) is 29.5 Å². The quantitative estimate of drug-likeness (QED) is 0.589. The van der Waals surface area contributed by atoms with E-state index in [1.165, 1.54) is 0 Å². The molecule has 1 aromatic heterocycles.